The maximum atomic E-state index is 9.03. The zero-order valence-electron chi connectivity index (χ0n) is 7.66. The number of rotatable bonds is 2. The first-order valence-corrected chi connectivity index (χ1v) is 3.91. The summed E-state index contributed by atoms with van der Waals surface area (Å²) < 4.78 is 5.05. The van der Waals surface area contributed by atoms with Crippen molar-refractivity contribution >= 4 is 0 Å². The van der Waals surface area contributed by atoms with E-state index in [2.05, 4.69) is 0 Å². The summed E-state index contributed by atoms with van der Waals surface area (Å²) in [5, 5.41) is 17.7. The van der Waals surface area contributed by atoms with Gasteiger partial charge in [-0.2, -0.15) is 5.26 Å². The predicted molar refractivity (Wildman–Crippen MR) is 48.4 cm³/mol. The van der Waals surface area contributed by atoms with E-state index in [1.807, 2.05) is 13.0 Å². The van der Waals surface area contributed by atoms with Crippen molar-refractivity contribution in [3.63, 3.8) is 0 Å². The maximum Gasteiger partial charge on any atom is 0.125 e. The summed E-state index contributed by atoms with van der Waals surface area (Å²) in [4.78, 5) is 0. The molecule has 0 unspecified atom stereocenters. The fourth-order valence-electron chi connectivity index (χ4n) is 1.23. The summed E-state index contributed by atoms with van der Waals surface area (Å²) >= 11 is 0. The lowest BCUT2D eigenvalue weighted by Crippen LogP contribution is -1.96. The quantitative estimate of drug-likeness (QED) is 0.742. The molecule has 1 aromatic rings. The number of ether oxygens (including phenoxy) is 1. The topological polar surface area (TPSA) is 53.2 Å². The number of methoxy groups -OCH3 is 1. The van der Waals surface area contributed by atoms with Gasteiger partial charge < -0.3 is 9.84 Å². The van der Waals surface area contributed by atoms with E-state index in [-0.39, 0.29) is 6.61 Å². The third-order valence-electron chi connectivity index (χ3n) is 1.94. The Kier molecular flexibility index (Phi) is 2.88. The van der Waals surface area contributed by atoms with E-state index >= 15 is 0 Å². The lowest BCUT2D eigenvalue weighted by atomic mass is 10.0. The highest BCUT2D eigenvalue weighted by atomic mass is 16.5. The van der Waals surface area contributed by atoms with Crippen molar-refractivity contribution < 1.29 is 9.84 Å². The van der Waals surface area contributed by atoms with Gasteiger partial charge in [0.1, 0.15) is 5.75 Å². The van der Waals surface area contributed by atoms with E-state index < -0.39 is 0 Å². The van der Waals surface area contributed by atoms with Crippen LogP contribution >= 0.6 is 0 Å². The van der Waals surface area contributed by atoms with Crippen molar-refractivity contribution in [2.75, 3.05) is 7.11 Å². The summed E-state index contributed by atoms with van der Waals surface area (Å²) in [7, 11) is 1.52. The molecule has 0 radical (unpaired) electrons. The molecule has 68 valence electrons. The smallest absolute Gasteiger partial charge is 0.125 e. The zero-order valence-corrected chi connectivity index (χ0v) is 7.66. The number of benzene rings is 1. The van der Waals surface area contributed by atoms with Crippen LogP contribution in [-0.2, 0) is 6.61 Å². The molecule has 1 rings (SSSR count). The fourth-order valence-corrected chi connectivity index (χ4v) is 1.23. The molecule has 0 aliphatic heterocycles. The van der Waals surface area contributed by atoms with Crippen LogP contribution in [0.3, 0.4) is 0 Å². The van der Waals surface area contributed by atoms with Gasteiger partial charge in [0, 0.05) is 5.56 Å². The van der Waals surface area contributed by atoms with Crippen LogP contribution in [0.5, 0.6) is 5.75 Å². The van der Waals surface area contributed by atoms with Crippen LogP contribution in [0, 0.1) is 18.3 Å². The second kappa shape index (κ2) is 3.92. The lowest BCUT2D eigenvalue weighted by Gasteiger charge is -2.09. The van der Waals surface area contributed by atoms with Crippen molar-refractivity contribution in [1.82, 2.24) is 0 Å². The largest absolute Gasteiger partial charge is 0.496 e. The highest BCUT2D eigenvalue weighted by Gasteiger charge is 2.07. The van der Waals surface area contributed by atoms with Gasteiger partial charge in [0.05, 0.1) is 25.3 Å². The molecule has 0 amide bonds. The Labute approximate surface area is 77.2 Å². The van der Waals surface area contributed by atoms with Crippen LogP contribution in [-0.4, -0.2) is 12.2 Å². The van der Waals surface area contributed by atoms with Crippen molar-refractivity contribution in [2.45, 2.75) is 13.5 Å². The molecule has 0 aliphatic carbocycles. The Hall–Kier alpha value is -1.53. The molecule has 0 atom stereocenters. The maximum absolute atomic E-state index is 9.03. The average Bonchev–Trinajstić information content (AvgIpc) is 2.16. The SMILES string of the molecule is COc1cc(C#N)cc(C)c1CO. The number of aliphatic hydroxyl groups is 1. The zero-order chi connectivity index (χ0) is 9.84. The minimum Gasteiger partial charge on any atom is -0.496 e. The molecule has 3 heteroatoms. The van der Waals surface area contributed by atoms with Gasteiger partial charge in [0.15, 0.2) is 0 Å². The van der Waals surface area contributed by atoms with E-state index in [0.717, 1.165) is 11.1 Å². The highest BCUT2D eigenvalue weighted by Crippen LogP contribution is 2.23. The third-order valence-corrected chi connectivity index (χ3v) is 1.94. The molecular formula is C10H11NO2. The standard InChI is InChI=1S/C10H11NO2/c1-7-3-8(5-11)4-10(13-2)9(7)6-12/h3-4,12H,6H2,1-2H3. The van der Waals surface area contributed by atoms with Gasteiger partial charge in [-0.15, -0.1) is 0 Å². The first-order valence-electron chi connectivity index (χ1n) is 3.91. The Morgan fingerprint density at radius 2 is 2.23 bits per heavy atom. The molecule has 0 aromatic heterocycles. The first-order chi connectivity index (χ1) is 6.22. The monoisotopic (exact) mass is 177 g/mol. The molecule has 0 aliphatic rings. The fraction of sp³-hybridized carbons (Fsp3) is 0.300. The molecule has 1 N–H and O–H groups in total. The van der Waals surface area contributed by atoms with E-state index in [1.165, 1.54) is 7.11 Å². The second-order valence-corrected chi connectivity index (χ2v) is 2.74. The Morgan fingerprint density at radius 3 is 2.69 bits per heavy atom. The molecule has 0 saturated heterocycles. The van der Waals surface area contributed by atoms with Gasteiger partial charge in [-0.05, 0) is 24.6 Å². The van der Waals surface area contributed by atoms with Crippen LogP contribution in [0.1, 0.15) is 16.7 Å². The molecule has 0 fully saturated rings. The minimum atomic E-state index is -0.0687. The van der Waals surface area contributed by atoms with Gasteiger partial charge in [0.25, 0.3) is 0 Å². The van der Waals surface area contributed by atoms with Crippen LogP contribution < -0.4 is 4.74 Å². The normalized spacial score (nSPS) is 9.38. The average molecular weight is 177 g/mol. The third kappa shape index (κ3) is 1.79. The number of nitriles is 1. The Bertz CT molecular complexity index is 353. The van der Waals surface area contributed by atoms with Gasteiger partial charge in [0.2, 0.25) is 0 Å². The van der Waals surface area contributed by atoms with Crippen LogP contribution in [0.4, 0.5) is 0 Å². The van der Waals surface area contributed by atoms with Crippen molar-refractivity contribution in [1.29, 1.82) is 5.26 Å². The van der Waals surface area contributed by atoms with Gasteiger partial charge in [-0.25, -0.2) is 0 Å². The number of hydrogen-bond donors (Lipinski definition) is 1. The molecule has 3 nitrogen and oxygen atoms in total. The molecule has 0 spiro atoms. The molecule has 0 bridgehead atoms. The lowest BCUT2D eigenvalue weighted by molar-refractivity contribution is 0.273. The van der Waals surface area contributed by atoms with Crippen LogP contribution in [0.15, 0.2) is 12.1 Å². The van der Waals surface area contributed by atoms with E-state index in [9.17, 15) is 0 Å². The van der Waals surface area contributed by atoms with Crippen molar-refractivity contribution in [3.05, 3.63) is 28.8 Å². The number of aryl methyl sites for hydroxylation is 1. The van der Waals surface area contributed by atoms with Gasteiger partial charge in [-0.1, -0.05) is 0 Å². The molecule has 0 saturated carbocycles. The number of hydrogen-bond acceptors (Lipinski definition) is 3. The summed E-state index contributed by atoms with van der Waals surface area (Å²) in [5.41, 5.74) is 2.16. The Morgan fingerprint density at radius 1 is 1.54 bits per heavy atom. The highest BCUT2D eigenvalue weighted by molar-refractivity contribution is 5.46. The van der Waals surface area contributed by atoms with Crippen LogP contribution in [0.2, 0.25) is 0 Å². The first kappa shape index (κ1) is 9.56. The van der Waals surface area contributed by atoms with Crippen molar-refractivity contribution in [2.24, 2.45) is 0 Å². The molecule has 0 heterocycles. The summed E-state index contributed by atoms with van der Waals surface area (Å²) in [6.45, 7) is 1.77. The Balaban J connectivity index is 3.31. The minimum absolute atomic E-state index is 0.0687. The van der Waals surface area contributed by atoms with E-state index in [1.54, 1.807) is 12.1 Å². The summed E-state index contributed by atoms with van der Waals surface area (Å²) in [5.74, 6) is 0.569. The van der Waals surface area contributed by atoms with Gasteiger partial charge >= 0.3 is 0 Å². The number of nitrogens with zero attached hydrogens (tertiary/aromatic N) is 1. The predicted octanol–water partition coefficient (Wildman–Crippen LogP) is 1.37. The van der Waals surface area contributed by atoms with E-state index in [4.69, 9.17) is 15.1 Å². The molecule has 13 heavy (non-hydrogen) atoms. The number of aliphatic hydroxyl groups excluding tert-OH is 1. The van der Waals surface area contributed by atoms with Crippen molar-refractivity contribution in [3.8, 4) is 11.8 Å². The molecular weight excluding hydrogens is 166 g/mol. The molecule has 1 aromatic carbocycles. The van der Waals surface area contributed by atoms with Crippen LogP contribution in [0.25, 0.3) is 0 Å². The summed E-state index contributed by atoms with van der Waals surface area (Å²) in [6, 6.07) is 5.39. The van der Waals surface area contributed by atoms with E-state index in [0.29, 0.717) is 11.3 Å². The second-order valence-electron chi connectivity index (χ2n) is 2.74. The summed E-state index contributed by atoms with van der Waals surface area (Å²) in [6.07, 6.45) is 0. The van der Waals surface area contributed by atoms with Gasteiger partial charge in [-0.3, -0.25) is 0 Å².